The van der Waals surface area contributed by atoms with E-state index in [9.17, 15) is 4.79 Å². The van der Waals surface area contributed by atoms with E-state index in [1.165, 1.54) is 11.3 Å². The molecule has 1 N–H and O–H groups in total. The summed E-state index contributed by atoms with van der Waals surface area (Å²) in [5, 5.41) is 11.4. The summed E-state index contributed by atoms with van der Waals surface area (Å²) in [6, 6.07) is 0. The van der Waals surface area contributed by atoms with Gasteiger partial charge in [-0.15, -0.1) is 22.5 Å². The van der Waals surface area contributed by atoms with E-state index in [1.54, 1.807) is 7.11 Å². The van der Waals surface area contributed by atoms with Crippen LogP contribution in [0.15, 0.2) is 0 Å². The number of carbonyl (C=O) groups is 1. The molecule has 1 rings (SSSR count). The molecule has 0 saturated heterocycles. The summed E-state index contributed by atoms with van der Waals surface area (Å²) < 4.78 is 4.88. The third-order valence-electron chi connectivity index (χ3n) is 1.48. The van der Waals surface area contributed by atoms with Gasteiger partial charge in [0.1, 0.15) is 11.6 Å². The first kappa shape index (κ1) is 11.6. The molecule has 0 spiro atoms. The van der Waals surface area contributed by atoms with Gasteiger partial charge in [-0.2, -0.15) is 0 Å². The lowest BCUT2D eigenvalue weighted by atomic mass is 10.3. The first-order valence-electron chi connectivity index (χ1n) is 4.31. The van der Waals surface area contributed by atoms with Gasteiger partial charge in [-0.3, -0.25) is 4.79 Å². The number of ether oxygens (including phenoxy) is 1. The zero-order chi connectivity index (χ0) is 11.1. The van der Waals surface area contributed by atoms with Crippen molar-refractivity contribution in [2.75, 3.05) is 12.4 Å². The first-order valence-corrected chi connectivity index (χ1v) is 5.12. The highest BCUT2D eigenvalue weighted by Gasteiger charge is 2.06. The molecule has 0 unspecified atom stereocenters. The number of methoxy groups -OCH3 is 1. The number of hydrogen-bond acceptors (Lipinski definition) is 5. The summed E-state index contributed by atoms with van der Waals surface area (Å²) in [4.78, 5) is 11.2. The Balaban J connectivity index is 2.43. The van der Waals surface area contributed by atoms with Crippen LogP contribution in [0.1, 0.15) is 17.8 Å². The van der Waals surface area contributed by atoms with Gasteiger partial charge in [-0.05, 0) is 0 Å². The van der Waals surface area contributed by atoms with Gasteiger partial charge < -0.3 is 10.1 Å². The lowest BCUT2D eigenvalue weighted by molar-refractivity contribution is -0.116. The van der Waals surface area contributed by atoms with Crippen molar-refractivity contribution in [2.24, 2.45) is 0 Å². The average Bonchev–Trinajstić information content (AvgIpc) is 2.63. The molecule has 1 amide bonds. The maximum absolute atomic E-state index is 11.2. The molecule has 0 aliphatic rings. The van der Waals surface area contributed by atoms with Crippen LogP contribution in [-0.2, 0) is 16.1 Å². The number of carbonyl (C=O) groups excluding carboxylic acids is 1. The second-order valence-corrected chi connectivity index (χ2v) is 3.75. The van der Waals surface area contributed by atoms with Gasteiger partial charge in [0.05, 0.1) is 0 Å². The van der Waals surface area contributed by atoms with Gasteiger partial charge in [0.25, 0.3) is 0 Å². The standard InChI is InChI=1S/C9H11N3O2S/c1-3-4-5-7(13)10-9-12-11-8(15-9)6-14-2/h1H,4-6H2,2H3,(H,10,12,13). The van der Waals surface area contributed by atoms with Crippen molar-refractivity contribution >= 4 is 22.4 Å². The Labute approximate surface area is 91.9 Å². The van der Waals surface area contributed by atoms with Crippen molar-refractivity contribution in [1.29, 1.82) is 0 Å². The molecule has 5 nitrogen and oxygen atoms in total. The topological polar surface area (TPSA) is 64.1 Å². The summed E-state index contributed by atoms with van der Waals surface area (Å²) in [5.41, 5.74) is 0. The molecule has 0 atom stereocenters. The molecular formula is C9H11N3O2S. The molecule has 0 aliphatic carbocycles. The number of nitrogens with one attached hydrogen (secondary N) is 1. The molecule has 1 aromatic rings. The van der Waals surface area contributed by atoms with Crippen molar-refractivity contribution in [1.82, 2.24) is 10.2 Å². The van der Waals surface area contributed by atoms with Gasteiger partial charge in [0.15, 0.2) is 0 Å². The summed E-state index contributed by atoms with van der Waals surface area (Å²) in [7, 11) is 1.58. The Morgan fingerprint density at radius 3 is 3.13 bits per heavy atom. The van der Waals surface area contributed by atoms with Crippen LogP contribution in [0.4, 0.5) is 5.13 Å². The van der Waals surface area contributed by atoms with E-state index in [2.05, 4.69) is 21.4 Å². The van der Waals surface area contributed by atoms with Crippen LogP contribution in [-0.4, -0.2) is 23.2 Å². The van der Waals surface area contributed by atoms with Crippen LogP contribution in [0.5, 0.6) is 0 Å². The second kappa shape index (κ2) is 6.11. The molecule has 15 heavy (non-hydrogen) atoms. The Bertz CT molecular complexity index is 370. The highest BCUT2D eigenvalue weighted by molar-refractivity contribution is 7.15. The minimum absolute atomic E-state index is 0.145. The van der Waals surface area contributed by atoms with E-state index in [4.69, 9.17) is 11.2 Å². The fourth-order valence-electron chi connectivity index (χ4n) is 0.853. The maximum Gasteiger partial charge on any atom is 0.227 e. The molecule has 6 heteroatoms. The molecule has 0 aromatic carbocycles. The van der Waals surface area contributed by atoms with Crippen LogP contribution >= 0.6 is 11.3 Å². The number of rotatable bonds is 5. The third kappa shape index (κ3) is 4.06. The van der Waals surface area contributed by atoms with E-state index in [0.717, 1.165) is 5.01 Å². The predicted octanol–water partition coefficient (Wildman–Crippen LogP) is 1.04. The fourth-order valence-corrected chi connectivity index (χ4v) is 1.58. The van der Waals surface area contributed by atoms with Crippen LogP contribution in [0.3, 0.4) is 0 Å². The van der Waals surface area contributed by atoms with Gasteiger partial charge in [0, 0.05) is 20.0 Å². The largest absolute Gasteiger partial charge is 0.377 e. The fraction of sp³-hybridized carbons (Fsp3) is 0.444. The Kier molecular flexibility index (Phi) is 4.74. The number of terminal acetylenes is 1. The van der Waals surface area contributed by atoms with Crippen LogP contribution in [0.25, 0.3) is 0 Å². The average molecular weight is 225 g/mol. The van der Waals surface area contributed by atoms with Crippen molar-refractivity contribution < 1.29 is 9.53 Å². The summed E-state index contributed by atoms with van der Waals surface area (Å²) in [5.74, 6) is 2.25. The molecular weight excluding hydrogens is 214 g/mol. The third-order valence-corrected chi connectivity index (χ3v) is 2.29. The summed E-state index contributed by atoms with van der Waals surface area (Å²) in [6.45, 7) is 0.401. The highest BCUT2D eigenvalue weighted by Crippen LogP contribution is 2.15. The summed E-state index contributed by atoms with van der Waals surface area (Å²) in [6.07, 6.45) is 5.77. The Morgan fingerprint density at radius 2 is 2.47 bits per heavy atom. The highest BCUT2D eigenvalue weighted by atomic mass is 32.1. The number of nitrogens with zero attached hydrogens (tertiary/aromatic N) is 2. The molecule has 0 aliphatic heterocycles. The molecule has 0 radical (unpaired) electrons. The molecule has 1 heterocycles. The minimum atomic E-state index is -0.145. The van der Waals surface area contributed by atoms with E-state index in [0.29, 0.717) is 24.6 Å². The Hall–Kier alpha value is -1.45. The lowest BCUT2D eigenvalue weighted by Gasteiger charge is -1.96. The van der Waals surface area contributed by atoms with E-state index >= 15 is 0 Å². The Morgan fingerprint density at radius 1 is 1.67 bits per heavy atom. The monoisotopic (exact) mass is 225 g/mol. The first-order chi connectivity index (χ1) is 7.26. The van der Waals surface area contributed by atoms with Crippen LogP contribution in [0.2, 0.25) is 0 Å². The number of aromatic nitrogens is 2. The molecule has 0 fully saturated rings. The molecule has 0 saturated carbocycles. The van der Waals surface area contributed by atoms with Gasteiger partial charge >= 0.3 is 0 Å². The van der Waals surface area contributed by atoms with Crippen molar-refractivity contribution in [3.05, 3.63) is 5.01 Å². The quantitative estimate of drug-likeness (QED) is 0.760. The SMILES string of the molecule is C#CCCC(=O)Nc1nnc(COC)s1. The molecule has 1 aromatic heterocycles. The van der Waals surface area contributed by atoms with E-state index in [-0.39, 0.29) is 5.91 Å². The van der Waals surface area contributed by atoms with Gasteiger partial charge in [-0.1, -0.05) is 11.3 Å². The van der Waals surface area contributed by atoms with Gasteiger partial charge in [-0.25, -0.2) is 0 Å². The molecule has 80 valence electrons. The zero-order valence-corrected chi connectivity index (χ0v) is 9.13. The van der Waals surface area contributed by atoms with Crippen molar-refractivity contribution in [3.8, 4) is 12.3 Å². The number of hydrogen-bond donors (Lipinski definition) is 1. The maximum atomic E-state index is 11.2. The number of anilines is 1. The number of amides is 1. The van der Waals surface area contributed by atoms with Crippen LogP contribution < -0.4 is 5.32 Å². The van der Waals surface area contributed by atoms with Crippen LogP contribution in [0, 0.1) is 12.3 Å². The van der Waals surface area contributed by atoms with E-state index in [1.807, 2.05) is 0 Å². The minimum Gasteiger partial charge on any atom is -0.377 e. The second-order valence-electron chi connectivity index (χ2n) is 2.69. The predicted molar refractivity (Wildman–Crippen MR) is 57.3 cm³/mol. The lowest BCUT2D eigenvalue weighted by Crippen LogP contribution is -2.10. The summed E-state index contributed by atoms with van der Waals surface area (Å²) >= 11 is 1.29. The van der Waals surface area contributed by atoms with Gasteiger partial charge in [0.2, 0.25) is 11.0 Å². The smallest absolute Gasteiger partial charge is 0.227 e. The van der Waals surface area contributed by atoms with Crippen molar-refractivity contribution in [2.45, 2.75) is 19.4 Å². The van der Waals surface area contributed by atoms with E-state index < -0.39 is 0 Å². The molecule has 0 bridgehead atoms. The normalized spacial score (nSPS) is 9.60. The zero-order valence-electron chi connectivity index (χ0n) is 8.32. The van der Waals surface area contributed by atoms with Crippen molar-refractivity contribution in [3.63, 3.8) is 0 Å².